The Balaban J connectivity index is 2.54. The molecule has 0 amide bonds. The predicted molar refractivity (Wildman–Crippen MR) is 75.1 cm³/mol. The van der Waals surface area contributed by atoms with Crippen molar-refractivity contribution in [2.45, 2.75) is 19.9 Å². The van der Waals surface area contributed by atoms with Gasteiger partial charge in [0, 0.05) is 5.69 Å². The molecule has 3 heteroatoms. The Labute approximate surface area is 103 Å². The second-order valence-electron chi connectivity index (χ2n) is 3.66. The van der Waals surface area contributed by atoms with Gasteiger partial charge in [-0.2, -0.15) is 0 Å². The van der Waals surface area contributed by atoms with Gasteiger partial charge in [0.25, 0.3) is 0 Å². The lowest BCUT2D eigenvalue weighted by Gasteiger charge is -2.06. The number of nitrogens with one attached hydrogen (secondary N) is 1. The first-order chi connectivity index (χ1) is 8.22. The van der Waals surface area contributed by atoms with Crippen LogP contribution < -0.4 is 11.1 Å². The number of aliphatic imine (C=N–C) groups is 1. The minimum atomic E-state index is 0.0578. The largest absolute Gasteiger partial charge is 0.370 e. The van der Waals surface area contributed by atoms with Crippen molar-refractivity contribution in [3.63, 3.8) is 0 Å². The van der Waals surface area contributed by atoms with Crippen molar-refractivity contribution < 1.29 is 0 Å². The number of anilines is 1. The molecule has 3 nitrogen and oxygen atoms in total. The van der Waals surface area contributed by atoms with Crippen LogP contribution >= 0.6 is 0 Å². The van der Waals surface area contributed by atoms with Crippen molar-refractivity contribution in [3.05, 3.63) is 54.6 Å². The van der Waals surface area contributed by atoms with E-state index in [0.29, 0.717) is 5.96 Å². The fourth-order valence-electron chi connectivity index (χ4n) is 1.30. The van der Waals surface area contributed by atoms with Gasteiger partial charge in [-0.25, -0.2) is 4.99 Å². The van der Waals surface area contributed by atoms with Crippen molar-refractivity contribution in [1.29, 1.82) is 0 Å². The zero-order valence-corrected chi connectivity index (χ0v) is 10.3. The summed E-state index contributed by atoms with van der Waals surface area (Å²) in [4.78, 5) is 4.31. The summed E-state index contributed by atoms with van der Waals surface area (Å²) < 4.78 is 0. The van der Waals surface area contributed by atoms with E-state index in [-0.39, 0.29) is 6.04 Å². The maximum absolute atomic E-state index is 5.80. The molecule has 1 aromatic rings. The molecule has 1 aromatic carbocycles. The van der Waals surface area contributed by atoms with Crippen molar-refractivity contribution >= 4 is 11.6 Å². The summed E-state index contributed by atoms with van der Waals surface area (Å²) in [5.41, 5.74) is 6.74. The van der Waals surface area contributed by atoms with E-state index in [4.69, 9.17) is 5.73 Å². The van der Waals surface area contributed by atoms with Crippen molar-refractivity contribution in [3.8, 4) is 0 Å². The molecule has 1 rings (SSSR count). The maximum Gasteiger partial charge on any atom is 0.193 e. The molecule has 3 N–H and O–H groups in total. The van der Waals surface area contributed by atoms with Crippen LogP contribution in [0.4, 0.5) is 5.69 Å². The van der Waals surface area contributed by atoms with Gasteiger partial charge in [0.15, 0.2) is 5.96 Å². The summed E-state index contributed by atoms with van der Waals surface area (Å²) in [5, 5.41) is 3.04. The second kappa shape index (κ2) is 7.28. The summed E-state index contributed by atoms with van der Waals surface area (Å²) in [6.07, 6.45) is 7.88. The van der Waals surface area contributed by atoms with E-state index < -0.39 is 0 Å². The molecule has 90 valence electrons. The predicted octanol–water partition coefficient (Wildman–Crippen LogP) is 2.93. The van der Waals surface area contributed by atoms with Gasteiger partial charge in [-0.05, 0) is 26.0 Å². The summed E-state index contributed by atoms with van der Waals surface area (Å²) in [7, 11) is 0. The Morgan fingerprint density at radius 2 is 2.00 bits per heavy atom. The summed E-state index contributed by atoms with van der Waals surface area (Å²) in [6.45, 7) is 3.96. The normalized spacial score (nSPS) is 14.4. The first-order valence-electron chi connectivity index (χ1n) is 5.67. The van der Waals surface area contributed by atoms with Gasteiger partial charge < -0.3 is 11.1 Å². The Morgan fingerprint density at radius 3 is 2.65 bits per heavy atom. The number of hydrogen-bond acceptors (Lipinski definition) is 1. The Kier molecular flexibility index (Phi) is 5.58. The highest BCUT2D eigenvalue weighted by Gasteiger charge is 1.96. The van der Waals surface area contributed by atoms with Crippen LogP contribution in [-0.2, 0) is 0 Å². The lowest BCUT2D eigenvalue weighted by atomic mass is 10.3. The highest BCUT2D eigenvalue weighted by atomic mass is 15.1. The number of nitrogens with two attached hydrogens (primary N) is 1. The third-order valence-electron chi connectivity index (χ3n) is 2.08. The molecule has 1 unspecified atom stereocenters. The SMILES string of the molecule is C/C=C\C=C/C(C)N=C(N)Nc1ccccc1. The Hall–Kier alpha value is -2.03. The number of hydrogen-bond donors (Lipinski definition) is 2. The number of para-hydroxylation sites is 1. The highest BCUT2D eigenvalue weighted by Crippen LogP contribution is 2.04. The van der Waals surface area contributed by atoms with Crippen LogP contribution in [0.25, 0.3) is 0 Å². The smallest absolute Gasteiger partial charge is 0.193 e. The number of nitrogens with zero attached hydrogens (tertiary/aromatic N) is 1. The molecular formula is C14H19N3. The first kappa shape index (κ1) is 13.0. The van der Waals surface area contributed by atoms with Crippen LogP contribution in [0.15, 0.2) is 59.6 Å². The molecule has 0 saturated carbocycles. The van der Waals surface area contributed by atoms with Crippen LogP contribution in [0.3, 0.4) is 0 Å². The van der Waals surface area contributed by atoms with Gasteiger partial charge in [-0.3, -0.25) is 0 Å². The standard InChI is InChI=1S/C14H19N3/c1-3-4-6-9-12(2)16-14(15)17-13-10-7-5-8-11-13/h3-12H,1-2H3,(H3,15,16,17)/b4-3-,9-6-. The van der Waals surface area contributed by atoms with E-state index >= 15 is 0 Å². The fraction of sp³-hybridized carbons (Fsp3) is 0.214. The van der Waals surface area contributed by atoms with Gasteiger partial charge in [0.1, 0.15) is 0 Å². The molecule has 0 aliphatic carbocycles. The lowest BCUT2D eigenvalue weighted by Crippen LogP contribution is -2.24. The van der Waals surface area contributed by atoms with Crippen LogP contribution in [0.2, 0.25) is 0 Å². The van der Waals surface area contributed by atoms with Crippen LogP contribution in [0.1, 0.15) is 13.8 Å². The van der Waals surface area contributed by atoms with Gasteiger partial charge in [-0.15, -0.1) is 0 Å². The zero-order valence-electron chi connectivity index (χ0n) is 10.3. The zero-order chi connectivity index (χ0) is 12.5. The van der Waals surface area contributed by atoms with E-state index in [1.165, 1.54) is 0 Å². The molecule has 17 heavy (non-hydrogen) atoms. The summed E-state index contributed by atoms with van der Waals surface area (Å²) >= 11 is 0. The third kappa shape index (κ3) is 5.56. The summed E-state index contributed by atoms with van der Waals surface area (Å²) in [5.74, 6) is 0.425. The molecule has 0 aliphatic rings. The van der Waals surface area contributed by atoms with Crippen LogP contribution in [0.5, 0.6) is 0 Å². The van der Waals surface area contributed by atoms with E-state index in [2.05, 4.69) is 10.3 Å². The van der Waals surface area contributed by atoms with Crippen LogP contribution in [0, 0.1) is 0 Å². The van der Waals surface area contributed by atoms with E-state index in [1.807, 2.05) is 68.5 Å². The van der Waals surface area contributed by atoms with Gasteiger partial charge in [0.05, 0.1) is 6.04 Å². The first-order valence-corrected chi connectivity index (χ1v) is 5.67. The number of benzene rings is 1. The quantitative estimate of drug-likeness (QED) is 0.474. The van der Waals surface area contributed by atoms with E-state index in [9.17, 15) is 0 Å². The molecule has 0 aliphatic heterocycles. The molecule has 0 heterocycles. The average Bonchev–Trinajstić information content (AvgIpc) is 2.30. The van der Waals surface area contributed by atoms with Crippen LogP contribution in [-0.4, -0.2) is 12.0 Å². The van der Waals surface area contributed by atoms with Gasteiger partial charge >= 0.3 is 0 Å². The highest BCUT2D eigenvalue weighted by molar-refractivity contribution is 5.92. The molecule has 0 spiro atoms. The number of allylic oxidation sites excluding steroid dienone is 3. The molecule has 0 bridgehead atoms. The molecule has 0 saturated heterocycles. The average molecular weight is 229 g/mol. The van der Waals surface area contributed by atoms with Gasteiger partial charge in [-0.1, -0.05) is 42.5 Å². The minimum absolute atomic E-state index is 0.0578. The van der Waals surface area contributed by atoms with Crippen molar-refractivity contribution in [2.75, 3.05) is 5.32 Å². The van der Waals surface area contributed by atoms with E-state index in [1.54, 1.807) is 0 Å². The minimum Gasteiger partial charge on any atom is -0.370 e. The molecule has 0 radical (unpaired) electrons. The molecule has 0 fully saturated rings. The summed E-state index contributed by atoms with van der Waals surface area (Å²) in [6, 6.07) is 9.81. The number of guanidine groups is 1. The Bertz CT molecular complexity index is 405. The van der Waals surface area contributed by atoms with Crippen molar-refractivity contribution in [2.24, 2.45) is 10.7 Å². The fourth-order valence-corrected chi connectivity index (χ4v) is 1.30. The maximum atomic E-state index is 5.80. The lowest BCUT2D eigenvalue weighted by molar-refractivity contribution is 0.922. The molecular weight excluding hydrogens is 210 g/mol. The van der Waals surface area contributed by atoms with Crippen molar-refractivity contribution in [1.82, 2.24) is 0 Å². The third-order valence-corrected chi connectivity index (χ3v) is 2.08. The molecule has 1 atom stereocenters. The van der Waals surface area contributed by atoms with E-state index in [0.717, 1.165) is 5.69 Å². The topological polar surface area (TPSA) is 50.4 Å². The molecule has 0 aromatic heterocycles. The number of rotatable bonds is 4. The monoisotopic (exact) mass is 229 g/mol. The second-order valence-corrected chi connectivity index (χ2v) is 3.66. The van der Waals surface area contributed by atoms with Gasteiger partial charge in [0.2, 0.25) is 0 Å². The Morgan fingerprint density at radius 1 is 1.29 bits per heavy atom.